The lowest BCUT2D eigenvalue weighted by molar-refractivity contribution is 0.210. The first-order chi connectivity index (χ1) is 5.52. The van der Waals surface area contributed by atoms with Crippen molar-refractivity contribution in [2.45, 2.75) is 50.5 Å². The predicted octanol–water partition coefficient (Wildman–Crippen LogP) is 3.56. The van der Waals surface area contributed by atoms with E-state index in [9.17, 15) is 0 Å². The Morgan fingerprint density at radius 3 is 2.42 bits per heavy atom. The molecule has 1 heterocycles. The average molecular weight is 184 g/mol. The van der Waals surface area contributed by atoms with Gasteiger partial charge in [-0.2, -0.15) is 11.8 Å². The van der Waals surface area contributed by atoms with Crippen LogP contribution in [-0.2, 0) is 0 Å². The molecule has 0 N–H and O–H groups in total. The van der Waals surface area contributed by atoms with Crippen molar-refractivity contribution >= 4 is 11.8 Å². The third kappa shape index (κ3) is 1.13. The summed E-state index contributed by atoms with van der Waals surface area (Å²) in [5, 5.41) is 0.957. The molecule has 1 saturated heterocycles. The molecule has 1 aliphatic heterocycles. The van der Waals surface area contributed by atoms with Crippen LogP contribution in [0.1, 0.15) is 40.5 Å². The fourth-order valence-electron chi connectivity index (χ4n) is 3.26. The molecule has 12 heavy (non-hydrogen) atoms. The van der Waals surface area contributed by atoms with Gasteiger partial charge in [0.25, 0.3) is 0 Å². The van der Waals surface area contributed by atoms with E-state index in [1.165, 1.54) is 12.8 Å². The van der Waals surface area contributed by atoms with E-state index in [1.54, 1.807) is 0 Å². The van der Waals surface area contributed by atoms with E-state index < -0.39 is 0 Å². The van der Waals surface area contributed by atoms with Gasteiger partial charge in [-0.1, -0.05) is 27.7 Å². The smallest absolute Gasteiger partial charge is 0.0137 e. The Bertz CT molecular complexity index is 185. The van der Waals surface area contributed by atoms with Crippen LogP contribution in [0, 0.1) is 17.8 Å². The highest BCUT2D eigenvalue weighted by molar-refractivity contribution is 8.01. The van der Waals surface area contributed by atoms with E-state index >= 15 is 0 Å². The molecule has 0 radical (unpaired) electrons. The highest BCUT2D eigenvalue weighted by Gasteiger charge is 2.50. The van der Waals surface area contributed by atoms with Crippen LogP contribution in [0.25, 0.3) is 0 Å². The van der Waals surface area contributed by atoms with E-state index in [-0.39, 0.29) is 0 Å². The maximum atomic E-state index is 2.47. The highest BCUT2D eigenvalue weighted by Crippen LogP contribution is 2.58. The first kappa shape index (κ1) is 8.93. The first-order valence-electron chi connectivity index (χ1n) is 5.20. The van der Waals surface area contributed by atoms with Crippen molar-refractivity contribution in [3.05, 3.63) is 0 Å². The van der Waals surface area contributed by atoms with Crippen molar-refractivity contribution in [1.82, 2.24) is 0 Å². The fourth-order valence-corrected chi connectivity index (χ4v) is 5.24. The van der Waals surface area contributed by atoms with Gasteiger partial charge in [-0.05, 0) is 30.6 Å². The van der Waals surface area contributed by atoms with Crippen LogP contribution in [-0.4, -0.2) is 10.00 Å². The Morgan fingerprint density at radius 1 is 1.17 bits per heavy atom. The van der Waals surface area contributed by atoms with Gasteiger partial charge in [0.15, 0.2) is 0 Å². The van der Waals surface area contributed by atoms with E-state index in [2.05, 4.69) is 39.5 Å². The Morgan fingerprint density at radius 2 is 1.83 bits per heavy atom. The summed E-state index contributed by atoms with van der Waals surface area (Å²) < 4.78 is 0.564. The molecular weight excluding hydrogens is 164 g/mol. The van der Waals surface area contributed by atoms with Gasteiger partial charge in [-0.25, -0.2) is 0 Å². The monoisotopic (exact) mass is 184 g/mol. The Kier molecular flexibility index (Phi) is 1.98. The molecule has 3 unspecified atom stereocenters. The molecule has 2 fully saturated rings. The summed E-state index contributed by atoms with van der Waals surface area (Å²) >= 11 is 2.25. The van der Waals surface area contributed by atoms with Crippen molar-refractivity contribution in [2.24, 2.45) is 17.8 Å². The molecular formula is C11H20S. The molecule has 0 spiro atoms. The minimum atomic E-state index is 0.564. The van der Waals surface area contributed by atoms with Crippen LogP contribution in [0.5, 0.6) is 0 Å². The summed E-state index contributed by atoms with van der Waals surface area (Å²) in [6.45, 7) is 9.78. The molecule has 0 amide bonds. The van der Waals surface area contributed by atoms with Gasteiger partial charge in [0.2, 0.25) is 0 Å². The molecule has 1 heteroatoms. The molecule has 0 aromatic carbocycles. The zero-order chi connectivity index (χ0) is 8.93. The number of thioether (sulfide) groups is 1. The fraction of sp³-hybridized carbons (Fsp3) is 1.00. The molecule has 2 bridgehead atoms. The molecule has 1 aliphatic carbocycles. The summed E-state index contributed by atoms with van der Waals surface area (Å²) in [6.07, 6.45) is 2.94. The first-order valence-corrected chi connectivity index (χ1v) is 6.08. The van der Waals surface area contributed by atoms with Gasteiger partial charge in [0.1, 0.15) is 0 Å². The van der Waals surface area contributed by atoms with Gasteiger partial charge in [0.05, 0.1) is 0 Å². The summed E-state index contributed by atoms with van der Waals surface area (Å²) in [4.78, 5) is 0. The highest BCUT2D eigenvalue weighted by atomic mass is 32.2. The Hall–Kier alpha value is 0.350. The third-order valence-corrected chi connectivity index (χ3v) is 6.06. The van der Waals surface area contributed by atoms with Crippen LogP contribution in [0.15, 0.2) is 0 Å². The maximum Gasteiger partial charge on any atom is 0.0137 e. The zero-order valence-corrected chi connectivity index (χ0v) is 9.45. The van der Waals surface area contributed by atoms with E-state index in [4.69, 9.17) is 0 Å². The number of hydrogen-bond donors (Lipinski definition) is 0. The lowest BCUT2D eigenvalue weighted by atomic mass is 9.71. The van der Waals surface area contributed by atoms with Crippen LogP contribution in [0.3, 0.4) is 0 Å². The van der Waals surface area contributed by atoms with Gasteiger partial charge in [-0.3, -0.25) is 0 Å². The molecule has 0 aromatic rings. The van der Waals surface area contributed by atoms with Gasteiger partial charge >= 0.3 is 0 Å². The molecule has 4 atom stereocenters. The summed E-state index contributed by atoms with van der Waals surface area (Å²) in [6, 6.07) is 0. The van der Waals surface area contributed by atoms with Crippen LogP contribution < -0.4 is 0 Å². The number of fused-ring (bicyclic) bond motifs is 2. The second kappa shape index (κ2) is 2.67. The quantitative estimate of drug-likeness (QED) is 0.554. The van der Waals surface area contributed by atoms with Gasteiger partial charge < -0.3 is 0 Å². The summed E-state index contributed by atoms with van der Waals surface area (Å²) in [7, 11) is 0. The molecule has 0 aromatic heterocycles. The minimum Gasteiger partial charge on any atom is -0.151 e. The second-order valence-corrected chi connectivity index (χ2v) is 7.04. The van der Waals surface area contributed by atoms with Gasteiger partial charge in [0, 0.05) is 10.00 Å². The Labute approximate surface area is 80.5 Å². The number of rotatable bonds is 0. The number of hydrogen-bond acceptors (Lipinski definition) is 1. The lowest BCUT2D eigenvalue weighted by Gasteiger charge is -2.33. The van der Waals surface area contributed by atoms with E-state index in [0.717, 1.165) is 23.0 Å². The molecule has 2 aliphatic rings. The summed E-state index contributed by atoms with van der Waals surface area (Å²) in [5.41, 5.74) is 0. The average Bonchev–Trinajstić information content (AvgIpc) is 2.09. The second-order valence-electron chi connectivity index (χ2n) is 5.21. The maximum absolute atomic E-state index is 2.47. The lowest BCUT2D eigenvalue weighted by Crippen LogP contribution is -2.31. The molecule has 0 nitrogen and oxygen atoms in total. The van der Waals surface area contributed by atoms with Crippen molar-refractivity contribution in [3.63, 3.8) is 0 Å². The molecule has 70 valence electrons. The van der Waals surface area contributed by atoms with Crippen molar-refractivity contribution in [1.29, 1.82) is 0 Å². The molecule has 1 saturated carbocycles. The third-order valence-electron chi connectivity index (χ3n) is 3.98. The van der Waals surface area contributed by atoms with Crippen LogP contribution in [0.2, 0.25) is 0 Å². The summed E-state index contributed by atoms with van der Waals surface area (Å²) in [5.74, 6) is 2.92. The largest absolute Gasteiger partial charge is 0.151 e. The van der Waals surface area contributed by atoms with Crippen molar-refractivity contribution < 1.29 is 0 Å². The minimum absolute atomic E-state index is 0.564. The predicted molar refractivity (Wildman–Crippen MR) is 56.5 cm³/mol. The zero-order valence-electron chi connectivity index (χ0n) is 8.63. The van der Waals surface area contributed by atoms with Gasteiger partial charge in [-0.15, -0.1) is 0 Å². The van der Waals surface area contributed by atoms with Crippen LogP contribution >= 0.6 is 11.8 Å². The normalized spacial score (nSPS) is 51.0. The van der Waals surface area contributed by atoms with Crippen molar-refractivity contribution in [3.8, 4) is 0 Å². The van der Waals surface area contributed by atoms with Crippen molar-refractivity contribution in [2.75, 3.05) is 0 Å². The van der Waals surface area contributed by atoms with E-state index in [1.807, 2.05) is 0 Å². The molecule has 2 rings (SSSR count). The standard InChI is InChI=1S/C11H20S/c1-7-5-6-9-8(2)10(7)12-11(9,3)4/h7-10H,5-6H2,1-4H3/t7?,8-,9?,10?/m0/s1. The van der Waals surface area contributed by atoms with E-state index in [0.29, 0.717) is 4.75 Å². The topological polar surface area (TPSA) is 0 Å². The Balaban J connectivity index is 2.24. The van der Waals surface area contributed by atoms with Crippen LogP contribution in [0.4, 0.5) is 0 Å². The SMILES string of the molecule is CC1CCC2[C@H](C)C1SC2(C)C.